The predicted octanol–water partition coefficient (Wildman–Crippen LogP) is 2.78. The number of carbonyl (C=O) groups excluding carboxylic acids is 3. The van der Waals surface area contributed by atoms with Gasteiger partial charge in [0, 0.05) is 73.3 Å². The van der Waals surface area contributed by atoms with Gasteiger partial charge in [-0.25, -0.2) is 0 Å². The molecule has 0 atom stereocenters. The monoisotopic (exact) mass is 419 g/mol. The van der Waals surface area contributed by atoms with E-state index in [0.717, 1.165) is 60.9 Å². The van der Waals surface area contributed by atoms with Crippen molar-refractivity contribution in [3.05, 3.63) is 21.4 Å². The Morgan fingerprint density at radius 1 is 1.07 bits per heavy atom. The number of carbonyl (C=O) groups is 3. The number of piperazine rings is 1. The van der Waals surface area contributed by atoms with Crippen molar-refractivity contribution in [1.29, 1.82) is 0 Å². The number of thiophene rings is 1. The molecule has 1 aliphatic heterocycles. The highest BCUT2D eigenvalue weighted by atomic mass is 32.1. The Kier molecular flexibility index (Phi) is 7.84. The molecule has 29 heavy (non-hydrogen) atoms. The van der Waals surface area contributed by atoms with Crippen LogP contribution in [0.4, 0.5) is 0 Å². The Morgan fingerprint density at radius 2 is 1.76 bits per heavy atom. The number of hydrogen-bond donors (Lipinski definition) is 1. The van der Waals surface area contributed by atoms with Gasteiger partial charge in [-0.2, -0.15) is 0 Å². The summed E-state index contributed by atoms with van der Waals surface area (Å²) in [4.78, 5) is 43.3. The number of aryl methyl sites for hydroxylation is 2. The number of hydrogen-bond acceptors (Lipinski definition) is 5. The molecular weight excluding hydrogens is 386 g/mol. The first-order valence-electron chi connectivity index (χ1n) is 10.8. The Bertz CT molecular complexity index is 732. The Labute approximate surface area is 177 Å². The van der Waals surface area contributed by atoms with E-state index in [1.54, 1.807) is 11.3 Å². The highest BCUT2D eigenvalue weighted by Gasteiger charge is 2.29. The third-order valence-electron chi connectivity index (χ3n) is 6.06. The van der Waals surface area contributed by atoms with E-state index in [9.17, 15) is 14.4 Å². The minimum Gasteiger partial charge on any atom is -0.355 e. The Morgan fingerprint density at radius 3 is 2.38 bits per heavy atom. The highest BCUT2D eigenvalue weighted by molar-refractivity contribution is 7.12. The van der Waals surface area contributed by atoms with E-state index < -0.39 is 0 Å². The quantitative estimate of drug-likeness (QED) is 0.658. The highest BCUT2D eigenvalue weighted by Crippen LogP contribution is 2.27. The first-order valence-corrected chi connectivity index (χ1v) is 11.6. The molecule has 6 nitrogen and oxygen atoms in total. The van der Waals surface area contributed by atoms with Crippen LogP contribution >= 0.6 is 11.3 Å². The molecular formula is C22H33N3O3S. The van der Waals surface area contributed by atoms with Crippen molar-refractivity contribution in [3.63, 3.8) is 0 Å². The van der Waals surface area contributed by atoms with E-state index in [1.165, 1.54) is 12.8 Å². The summed E-state index contributed by atoms with van der Waals surface area (Å²) >= 11 is 1.62. The van der Waals surface area contributed by atoms with Crippen LogP contribution in [-0.2, 0) is 9.59 Å². The van der Waals surface area contributed by atoms with E-state index in [0.29, 0.717) is 12.5 Å². The van der Waals surface area contributed by atoms with Gasteiger partial charge in [-0.1, -0.05) is 12.8 Å². The number of rotatable bonds is 8. The van der Waals surface area contributed by atoms with Crippen molar-refractivity contribution in [2.45, 2.75) is 52.4 Å². The van der Waals surface area contributed by atoms with Gasteiger partial charge in [0.25, 0.3) is 0 Å². The van der Waals surface area contributed by atoms with Gasteiger partial charge >= 0.3 is 0 Å². The summed E-state index contributed by atoms with van der Waals surface area (Å²) in [6, 6.07) is 1.91. The number of nitrogens with zero attached hydrogens (tertiary/aromatic N) is 2. The third kappa shape index (κ3) is 6.12. The maximum atomic E-state index is 12.5. The van der Waals surface area contributed by atoms with Gasteiger partial charge in [0.1, 0.15) is 0 Å². The molecule has 160 valence electrons. The van der Waals surface area contributed by atoms with E-state index in [1.807, 2.05) is 24.8 Å². The number of ketones is 1. The van der Waals surface area contributed by atoms with Crippen LogP contribution in [0.25, 0.3) is 0 Å². The largest absolute Gasteiger partial charge is 0.355 e. The zero-order valence-corrected chi connectivity index (χ0v) is 18.5. The summed E-state index contributed by atoms with van der Waals surface area (Å²) in [5, 5.41) is 2.92. The zero-order chi connectivity index (χ0) is 20.8. The lowest BCUT2D eigenvalue weighted by Gasteiger charge is -2.36. The maximum absolute atomic E-state index is 12.5. The molecule has 0 unspecified atom stereocenters. The average molecular weight is 420 g/mol. The summed E-state index contributed by atoms with van der Waals surface area (Å²) in [5.41, 5.74) is 0.755. The SMILES string of the molecule is Cc1cc(C(=O)CCC(=O)NCCN2CCN(C(=O)C3CCCC3)CC2)c(C)s1. The van der Waals surface area contributed by atoms with Crippen molar-refractivity contribution >= 4 is 28.9 Å². The summed E-state index contributed by atoms with van der Waals surface area (Å²) in [5.74, 6) is 0.574. The molecule has 2 amide bonds. The molecule has 2 heterocycles. The number of Topliss-reactive ketones (excluding diaryl/α,β-unsaturated/α-hetero) is 1. The topological polar surface area (TPSA) is 69.7 Å². The average Bonchev–Trinajstić information content (AvgIpc) is 3.35. The van der Waals surface area contributed by atoms with Crippen LogP contribution in [0.3, 0.4) is 0 Å². The second-order valence-corrected chi connectivity index (χ2v) is 9.71. The molecule has 2 fully saturated rings. The van der Waals surface area contributed by atoms with Gasteiger partial charge in [-0.3, -0.25) is 19.3 Å². The van der Waals surface area contributed by atoms with Crippen molar-refractivity contribution in [2.24, 2.45) is 5.92 Å². The smallest absolute Gasteiger partial charge is 0.225 e. The number of amides is 2. The number of nitrogens with one attached hydrogen (secondary N) is 1. The van der Waals surface area contributed by atoms with Crippen molar-refractivity contribution < 1.29 is 14.4 Å². The van der Waals surface area contributed by atoms with Gasteiger partial charge in [0.05, 0.1) is 0 Å². The van der Waals surface area contributed by atoms with Crippen LogP contribution in [0.15, 0.2) is 6.07 Å². The molecule has 1 aliphatic carbocycles. The predicted molar refractivity (Wildman–Crippen MR) is 115 cm³/mol. The van der Waals surface area contributed by atoms with Crippen LogP contribution in [0.5, 0.6) is 0 Å². The van der Waals surface area contributed by atoms with Crippen LogP contribution in [0, 0.1) is 19.8 Å². The fourth-order valence-corrected chi connectivity index (χ4v) is 5.28. The van der Waals surface area contributed by atoms with Crippen LogP contribution in [-0.4, -0.2) is 66.7 Å². The zero-order valence-electron chi connectivity index (χ0n) is 17.7. The normalized spacial score (nSPS) is 18.2. The molecule has 7 heteroatoms. The molecule has 3 rings (SSSR count). The van der Waals surface area contributed by atoms with Crippen molar-refractivity contribution in [1.82, 2.24) is 15.1 Å². The minimum absolute atomic E-state index is 0.0463. The molecule has 1 saturated carbocycles. The molecule has 1 aromatic rings. The lowest BCUT2D eigenvalue weighted by Crippen LogP contribution is -2.51. The lowest BCUT2D eigenvalue weighted by atomic mass is 10.1. The molecule has 0 aromatic carbocycles. The maximum Gasteiger partial charge on any atom is 0.225 e. The van der Waals surface area contributed by atoms with Gasteiger partial charge in [-0.15, -0.1) is 11.3 Å². The second-order valence-electron chi connectivity index (χ2n) is 8.25. The van der Waals surface area contributed by atoms with Gasteiger partial charge in [-0.05, 0) is 32.8 Å². The summed E-state index contributed by atoms with van der Waals surface area (Å²) < 4.78 is 0. The third-order valence-corrected chi connectivity index (χ3v) is 7.03. The first kappa shape index (κ1) is 22.0. The fourth-order valence-electron chi connectivity index (χ4n) is 4.33. The summed E-state index contributed by atoms with van der Waals surface area (Å²) in [7, 11) is 0. The summed E-state index contributed by atoms with van der Waals surface area (Å²) in [6.07, 6.45) is 4.97. The lowest BCUT2D eigenvalue weighted by molar-refractivity contribution is -0.137. The van der Waals surface area contributed by atoms with E-state index in [2.05, 4.69) is 10.2 Å². The van der Waals surface area contributed by atoms with E-state index in [4.69, 9.17) is 0 Å². The fraction of sp³-hybridized carbons (Fsp3) is 0.682. The molecule has 1 N–H and O–H groups in total. The summed E-state index contributed by atoms with van der Waals surface area (Å²) in [6.45, 7) is 8.62. The molecule has 0 spiro atoms. The van der Waals surface area contributed by atoms with Crippen LogP contribution in [0.2, 0.25) is 0 Å². The first-order chi connectivity index (χ1) is 13.9. The Balaban J connectivity index is 1.29. The van der Waals surface area contributed by atoms with Gasteiger partial charge in [0.2, 0.25) is 11.8 Å². The van der Waals surface area contributed by atoms with Crippen molar-refractivity contribution in [2.75, 3.05) is 39.3 Å². The van der Waals surface area contributed by atoms with Crippen LogP contribution < -0.4 is 5.32 Å². The molecule has 1 saturated heterocycles. The van der Waals surface area contributed by atoms with E-state index in [-0.39, 0.29) is 30.4 Å². The van der Waals surface area contributed by atoms with Crippen molar-refractivity contribution in [3.8, 4) is 0 Å². The molecule has 1 aromatic heterocycles. The molecule has 2 aliphatic rings. The Hall–Kier alpha value is -1.73. The second kappa shape index (κ2) is 10.3. The molecule has 0 radical (unpaired) electrons. The van der Waals surface area contributed by atoms with Crippen LogP contribution in [0.1, 0.15) is 58.6 Å². The van der Waals surface area contributed by atoms with Gasteiger partial charge in [0.15, 0.2) is 5.78 Å². The van der Waals surface area contributed by atoms with Gasteiger partial charge < -0.3 is 10.2 Å². The standard InChI is InChI=1S/C22H33N3O3S/c1-16-15-19(17(2)29-16)20(26)7-8-21(27)23-9-10-24-11-13-25(14-12-24)22(28)18-5-3-4-6-18/h15,18H,3-14H2,1-2H3,(H,23,27). The molecule has 0 bridgehead atoms. The minimum atomic E-state index is -0.0713. The van der Waals surface area contributed by atoms with E-state index >= 15 is 0 Å².